The second-order valence-electron chi connectivity index (χ2n) is 5.77. The van der Waals surface area contributed by atoms with Crippen molar-refractivity contribution in [2.45, 2.75) is 19.4 Å². The average Bonchev–Trinajstić information content (AvgIpc) is 2.97. The average molecular weight is 378 g/mol. The van der Waals surface area contributed by atoms with Crippen molar-refractivity contribution < 1.29 is 14.3 Å². The van der Waals surface area contributed by atoms with Crippen molar-refractivity contribution in [2.75, 3.05) is 19.8 Å². The van der Waals surface area contributed by atoms with Gasteiger partial charge in [-0.2, -0.15) is 0 Å². The Morgan fingerprint density at radius 3 is 2.96 bits per heavy atom. The number of hydrogen-bond acceptors (Lipinski definition) is 4. The Morgan fingerprint density at radius 2 is 2.20 bits per heavy atom. The molecule has 1 aliphatic heterocycles. The zero-order valence-electron chi connectivity index (χ0n) is 13.9. The third-order valence-corrected chi connectivity index (χ3v) is 4.99. The second-order valence-corrected chi connectivity index (χ2v) is 7.21. The summed E-state index contributed by atoms with van der Waals surface area (Å²) in [6, 6.07) is 7.64. The molecule has 0 saturated carbocycles. The Balaban J connectivity index is 1.75. The molecule has 3 rings (SSSR count). The van der Waals surface area contributed by atoms with E-state index in [2.05, 4.69) is 6.58 Å². The van der Waals surface area contributed by atoms with Gasteiger partial charge >= 0.3 is 0 Å². The van der Waals surface area contributed by atoms with Gasteiger partial charge in [0.2, 0.25) is 5.91 Å². The van der Waals surface area contributed by atoms with Crippen LogP contribution in [-0.4, -0.2) is 30.6 Å². The van der Waals surface area contributed by atoms with Crippen LogP contribution in [0.1, 0.15) is 16.9 Å². The molecule has 132 valence electrons. The van der Waals surface area contributed by atoms with Crippen LogP contribution in [0.2, 0.25) is 5.02 Å². The highest BCUT2D eigenvalue weighted by Gasteiger charge is 2.19. The fraction of sp³-hybridized carbons (Fsp3) is 0.316. The molecule has 0 spiro atoms. The van der Waals surface area contributed by atoms with Crippen LogP contribution in [0.3, 0.4) is 0 Å². The topological polar surface area (TPSA) is 38.8 Å². The normalized spacial score (nSPS) is 13.2. The zero-order valence-corrected chi connectivity index (χ0v) is 15.4. The molecule has 1 aromatic carbocycles. The Bertz CT molecular complexity index is 745. The molecule has 1 aromatic heterocycles. The van der Waals surface area contributed by atoms with Crippen molar-refractivity contribution in [1.29, 1.82) is 0 Å². The summed E-state index contributed by atoms with van der Waals surface area (Å²) in [6.45, 7) is 6.01. The number of carbonyl (C=O) groups excluding carboxylic acids is 1. The first-order chi connectivity index (χ1) is 12.2. The van der Waals surface area contributed by atoms with Gasteiger partial charge in [-0.25, -0.2) is 0 Å². The third kappa shape index (κ3) is 4.55. The number of benzene rings is 1. The van der Waals surface area contributed by atoms with Gasteiger partial charge in [0.15, 0.2) is 11.5 Å². The summed E-state index contributed by atoms with van der Waals surface area (Å²) in [6.07, 6.45) is 2.81. The van der Waals surface area contributed by atoms with Gasteiger partial charge in [0.1, 0.15) is 0 Å². The highest BCUT2D eigenvalue weighted by Crippen LogP contribution is 2.38. The van der Waals surface area contributed by atoms with E-state index in [9.17, 15) is 4.79 Å². The highest BCUT2D eigenvalue weighted by molar-refractivity contribution is 7.09. The van der Waals surface area contributed by atoms with Crippen molar-refractivity contribution in [3.05, 3.63) is 57.8 Å². The largest absolute Gasteiger partial charge is 0.489 e. The maximum Gasteiger partial charge on any atom is 0.227 e. The van der Waals surface area contributed by atoms with Crippen molar-refractivity contribution in [3.8, 4) is 11.5 Å². The molecule has 0 saturated heterocycles. The molecule has 6 heteroatoms. The minimum atomic E-state index is 0.0267. The van der Waals surface area contributed by atoms with E-state index < -0.39 is 0 Å². The molecule has 0 unspecified atom stereocenters. The predicted octanol–water partition coefficient (Wildman–Crippen LogP) is 4.32. The lowest BCUT2D eigenvalue weighted by Gasteiger charge is -2.21. The fourth-order valence-corrected chi connectivity index (χ4v) is 3.68. The summed E-state index contributed by atoms with van der Waals surface area (Å²) >= 11 is 7.95. The Hall–Kier alpha value is -1.98. The molecular formula is C19H20ClNO3S. The maximum atomic E-state index is 12.7. The molecule has 25 heavy (non-hydrogen) atoms. The van der Waals surface area contributed by atoms with E-state index >= 15 is 0 Å². The van der Waals surface area contributed by atoms with Crippen molar-refractivity contribution >= 4 is 28.8 Å². The van der Waals surface area contributed by atoms with Crippen LogP contribution in [0.4, 0.5) is 0 Å². The first kappa shape index (κ1) is 17.8. The number of thiophene rings is 1. The smallest absolute Gasteiger partial charge is 0.227 e. The highest BCUT2D eigenvalue weighted by atomic mass is 35.5. The number of halogens is 1. The Morgan fingerprint density at radius 1 is 1.36 bits per heavy atom. The lowest BCUT2D eigenvalue weighted by Crippen LogP contribution is -2.31. The molecule has 2 aromatic rings. The summed E-state index contributed by atoms with van der Waals surface area (Å²) in [5.74, 6) is 1.21. The third-order valence-electron chi connectivity index (χ3n) is 3.85. The number of hydrogen-bond donors (Lipinski definition) is 0. The number of nitrogens with zero attached hydrogens (tertiary/aromatic N) is 1. The van der Waals surface area contributed by atoms with E-state index in [1.807, 2.05) is 23.6 Å². The van der Waals surface area contributed by atoms with Gasteiger partial charge in [0.05, 0.1) is 31.2 Å². The van der Waals surface area contributed by atoms with Crippen LogP contribution < -0.4 is 9.47 Å². The van der Waals surface area contributed by atoms with Crippen LogP contribution in [0.5, 0.6) is 11.5 Å². The van der Waals surface area contributed by atoms with E-state index in [0.717, 1.165) is 16.9 Å². The number of fused-ring (bicyclic) bond motifs is 1. The molecule has 0 aliphatic carbocycles. The first-order valence-corrected chi connectivity index (χ1v) is 9.42. The molecule has 0 bridgehead atoms. The number of rotatable bonds is 6. The van der Waals surface area contributed by atoms with E-state index in [1.165, 1.54) is 0 Å². The molecule has 1 aliphatic rings. The molecule has 0 atom stereocenters. The predicted molar refractivity (Wildman–Crippen MR) is 101 cm³/mol. The number of carbonyl (C=O) groups is 1. The van der Waals surface area contributed by atoms with Gasteiger partial charge in [-0.15, -0.1) is 17.9 Å². The summed E-state index contributed by atoms with van der Waals surface area (Å²) in [7, 11) is 0. The van der Waals surface area contributed by atoms with Crippen molar-refractivity contribution in [2.24, 2.45) is 0 Å². The monoisotopic (exact) mass is 377 g/mol. The van der Waals surface area contributed by atoms with Crippen LogP contribution in [0.25, 0.3) is 0 Å². The first-order valence-electron chi connectivity index (χ1n) is 8.16. The van der Waals surface area contributed by atoms with Crippen LogP contribution in [0.15, 0.2) is 42.3 Å². The van der Waals surface area contributed by atoms with E-state index in [0.29, 0.717) is 42.8 Å². The minimum absolute atomic E-state index is 0.0267. The minimum Gasteiger partial charge on any atom is -0.489 e. The van der Waals surface area contributed by atoms with E-state index in [4.69, 9.17) is 21.1 Å². The van der Waals surface area contributed by atoms with Crippen LogP contribution in [0, 0.1) is 0 Å². The number of amides is 1. The molecule has 2 heterocycles. The van der Waals surface area contributed by atoms with Gasteiger partial charge in [-0.1, -0.05) is 23.7 Å². The molecule has 0 fully saturated rings. The Labute approximate surface area is 156 Å². The van der Waals surface area contributed by atoms with E-state index in [-0.39, 0.29) is 12.3 Å². The summed E-state index contributed by atoms with van der Waals surface area (Å²) < 4.78 is 11.3. The standard InChI is InChI=1S/C19H20ClNO3S/c1-2-6-21(13-15-5-3-9-25-15)18(22)12-14-10-16(20)19-17(11-14)23-7-4-8-24-19/h2-3,5,9-11H,1,4,6-8,12-13H2. The van der Waals surface area contributed by atoms with Gasteiger partial charge in [-0.05, 0) is 29.1 Å². The maximum absolute atomic E-state index is 12.7. The lowest BCUT2D eigenvalue weighted by atomic mass is 10.1. The summed E-state index contributed by atoms with van der Waals surface area (Å²) in [5.41, 5.74) is 0.819. The molecular weight excluding hydrogens is 358 g/mol. The molecule has 4 nitrogen and oxygen atoms in total. The molecule has 1 amide bonds. The SMILES string of the molecule is C=CCN(Cc1cccs1)C(=O)Cc1cc(Cl)c2c(c1)OCCCO2. The van der Waals surface area contributed by atoms with Gasteiger partial charge < -0.3 is 14.4 Å². The summed E-state index contributed by atoms with van der Waals surface area (Å²) in [5, 5.41) is 2.49. The molecule has 0 radical (unpaired) electrons. The van der Waals surface area contributed by atoms with Gasteiger partial charge in [-0.3, -0.25) is 4.79 Å². The zero-order chi connectivity index (χ0) is 17.6. The quantitative estimate of drug-likeness (QED) is 0.704. The van der Waals surface area contributed by atoms with E-state index in [1.54, 1.807) is 28.4 Å². The van der Waals surface area contributed by atoms with Gasteiger partial charge in [0.25, 0.3) is 0 Å². The number of ether oxygens (including phenoxy) is 2. The van der Waals surface area contributed by atoms with Crippen LogP contribution in [-0.2, 0) is 17.8 Å². The second kappa shape index (κ2) is 8.41. The summed E-state index contributed by atoms with van der Waals surface area (Å²) in [4.78, 5) is 15.7. The van der Waals surface area contributed by atoms with Crippen molar-refractivity contribution in [1.82, 2.24) is 4.90 Å². The van der Waals surface area contributed by atoms with Crippen LogP contribution >= 0.6 is 22.9 Å². The van der Waals surface area contributed by atoms with Gasteiger partial charge in [0, 0.05) is 17.8 Å². The molecule has 0 N–H and O–H groups in total. The Kier molecular flexibility index (Phi) is 6.00. The van der Waals surface area contributed by atoms with Crippen molar-refractivity contribution in [3.63, 3.8) is 0 Å². The lowest BCUT2D eigenvalue weighted by molar-refractivity contribution is -0.130. The fourth-order valence-electron chi connectivity index (χ4n) is 2.67.